The highest BCUT2D eigenvalue weighted by Gasteiger charge is 1.95. The number of hydrogen-bond donors (Lipinski definition) is 2. The lowest BCUT2D eigenvalue weighted by molar-refractivity contribution is 1.01. The number of anilines is 1. The summed E-state index contributed by atoms with van der Waals surface area (Å²) in [6.07, 6.45) is 1.48. The van der Waals surface area contributed by atoms with Gasteiger partial charge in [-0.2, -0.15) is 0 Å². The van der Waals surface area contributed by atoms with E-state index < -0.39 is 0 Å². The van der Waals surface area contributed by atoms with E-state index in [0.29, 0.717) is 5.82 Å². The largest absolute Gasteiger partial charge is 0.382 e. The van der Waals surface area contributed by atoms with E-state index in [0.717, 1.165) is 5.69 Å². The molecule has 1 heterocycles. The van der Waals surface area contributed by atoms with Crippen molar-refractivity contribution in [2.24, 2.45) is 0 Å². The summed E-state index contributed by atoms with van der Waals surface area (Å²) in [5, 5.41) is 0. The van der Waals surface area contributed by atoms with Crippen molar-refractivity contribution in [2.75, 3.05) is 11.6 Å². The maximum Gasteiger partial charge on any atom is 0.145 e. The fourth-order valence-corrected chi connectivity index (χ4v) is 0.464. The minimum absolute atomic E-state index is 0.519. The van der Waals surface area contributed by atoms with Crippen molar-refractivity contribution in [3.63, 3.8) is 0 Å². The third kappa shape index (κ3) is 0.501. The van der Waals surface area contributed by atoms with Crippen LogP contribution in [0.25, 0.3) is 0 Å². The Kier molecular flexibility index (Phi) is 0.865. The van der Waals surface area contributed by atoms with Gasteiger partial charge >= 0.3 is 0 Å². The molecule has 4 nitrogen and oxygen atoms in total. The zero-order valence-electron chi connectivity index (χ0n) is 4.63. The molecule has 0 spiro atoms. The van der Waals surface area contributed by atoms with Crippen LogP contribution in [0.5, 0.6) is 0 Å². The van der Waals surface area contributed by atoms with Crippen LogP contribution in [0.1, 0.15) is 5.69 Å². The molecule has 8 heavy (non-hydrogen) atoms. The Morgan fingerprint density at radius 1 is 1.75 bits per heavy atom. The number of imidazole rings is 1. The molecule has 0 atom stereocenters. The second-order valence-corrected chi connectivity index (χ2v) is 1.62. The van der Waals surface area contributed by atoms with Crippen molar-refractivity contribution in [1.82, 2.24) is 9.66 Å². The van der Waals surface area contributed by atoms with Gasteiger partial charge in [-0.05, 0) is 6.92 Å². The van der Waals surface area contributed by atoms with E-state index in [2.05, 4.69) is 4.98 Å². The maximum atomic E-state index is 5.38. The van der Waals surface area contributed by atoms with Gasteiger partial charge in [0, 0.05) is 0 Å². The average molecular weight is 112 g/mol. The van der Waals surface area contributed by atoms with Gasteiger partial charge in [0.25, 0.3) is 0 Å². The van der Waals surface area contributed by atoms with E-state index in [1.807, 2.05) is 0 Å². The predicted octanol–water partition coefficient (Wildman–Crippen LogP) is -0.512. The highest BCUT2D eigenvalue weighted by atomic mass is 15.3. The lowest BCUT2D eigenvalue weighted by Crippen LogP contribution is -2.09. The van der Waals surface area contributed by atoms with Gasteiger partial charge in [-0.15, -0.1) is 0 Å². The molecule has 0 fully saturated rings. The van der Waals surface area contributed by atoms with Gasteiger partial charge < -0.3 is 11.6 Å². The van der Waals surface area contributed by atoms with Crippen molar-refractivity contribution in [3.05, 3.63) is 12.0 Å². The van der Waals surface area contributed by atoms with Crippen LogP contribution >= 0.6 is 0 Å². The number of aromatic nitrogens is 2. The Balaban J connectivity index is 3.19. The number of nitrogens with two attached hydrogens (primary N) is 2. The Labute approximate surface area is 47.1 Å². The van der Waals surface area contributed by atoms with Crippen LogP contribution in [0, 0.1) is 6.92 Å². The Morgan fingerprint density at radius 3 is 2.50 bits per heavy atom. The van der Waals surface area contributed by atoms with Crippen molar-refractivity contribution in [1.29, 1.82) is 0 Å². The number of rotatable bonds is 0. The van der Waals surface area contributed by atoms with Gasteiger partial charge in [0.15, 0.2) is 0 Å². The molecule has 0 bridgehead atoms. The van der Waals surface area contributed by atoms with Crippen LogP contribution in [0.2, 0.25) is 0 Å². The second-order valence-electron chi connectivity index (χ2n) is 1.62. The van der Waals surface area contributed by atoms with Gasteiger partial charge in [-0.25, -0.2) is 9.66 Å². The summed E-state index contributed by atoms with van der Waals surface area (Å²) in [5.41, 5.74) is 6.15. The zero-order valence-corrected chi connectivity index (χ0v) is 4.63. The molecule has 1 aromatic rings. The molecule has 0 aliphatic heterocycles. The highest BCUT2D eigenvalue weighted by molar-refractivity contribution is 5.34. The van der Waals surface area contributed by atoms with Gasteiger partial charge in [0.1, 0.15) is 12.1 Å². The molecule has 4 heteroatoms. The Bertz CT molecular complexity index is 170. The molecule has 0 radical (unpaired) electrons. The SMILES string of the molecule is Cc1ncn(N)c1N. The minimum Gasteiger partial charge on any atom is -0.382 e. The minimum atomic E-state index is 0.519. The molecule has 0 unspecified atom stereocenters. The van der Waals surface area contributed by atoms with E-state index in [9.17, 15) is 0 Å². The normalized spacial score (nSPS) is 9.62. The summed E-state index contributed by atoms with van der Waals surface area (Å²) in [6.45, 7) is 1.80. The average Bonchev–Trinajstić information content (AvgIpc) is 1.98. The first-order chi connectivity index (χ1) is 3.72. The molecule has 0 aromatic carbocycles. The smallest absolute Gasteiger partial charge is 0.145 e. The maximum absolute atomic E-state index is 5.38. The van der Waals surface area contributed by atoms with E-state index in [1.54, 1.807) is 6.92 Å². The molecular formula is C4H8N4. The van der Waals surface area contributed by atoms with Gasteiger partial charge in [0.05, 0.1) is 5.69 Å². The first-order valence-electron chi connectivity index (χ1n) is 2.26. The van der Waals surface area contributed by atoms with E-state index in [-0.39, 0.29) is 0 Å². The highest BCUT2D eigenvalue weighted by Crippen LogP contribution is 2.01. The molecule has 0 aliphatic rings. The summed E-state index contributed by atoms with van der Waals surface area (Å²) in [6, 6.07) is 0. The van der Waals surface area contributed by atoms with Crippen molar-refractivity contribution in [3.8, 4) is 0 Å². The third-order valence-electron chi connectivity index (χ3n) is 1.02. The van der Waals surface area contributed by atoms with E-state index in [1.165, 1.54) is 11.0 Å². The van der Waals surface area contributed by atoms with Crippen LogP contribution in [0.3, 0.4) is 0 Å². The molecule has 0 aliphatic carbocycles. The summed E-state index contributed by atoms with van der Waals surface area (Å²) in [5.74, 6) is 5.79. The third-order valence-corrected chi connectivity index (χ3v) is 1.02. The summed E-state index contributed by atoms with van der Waals surface area (Å²) >= 11 is 0. The first kappa shape index (κ1) is 4.96. The van der Waals surface area contributed by atoms with Crippen molar-refractivity contribution >= 4 is 5.82 Å². The van der Waals surface area contributed by atoms with Gasteiger partial charge in [-0.3, -0.25) is 0 Å². The van der Waals surface area contributed by atoms with Crippen LogP contribution in [-0.4, -0.2) is 9.66 Å². The number of nitrogens with zero attached hydrogens (tertiary/aromatic N) is 2. The van der Waals surface area contributed by atoms with Crippen molar-refractivity contribution in [2.45, 2.75) is 6.92 Å². The van der Waals surface area contributed by atoms with Crippen molar-refractivity contribution < 1.29 is 0 Å². The molecule has 4 N–H and O–H groups in total. The van der Waals surface area contributed by atoms with Crippen LogP contribution in [-0.2, 0) is 0 Å². The lowest BCUT2D eigenvalue weighted by atomic mass is 10.5. The predicted molar refractivity (Wildman–Crippen MR) is 31.5 cm³/mol. The fourth-order valence-electron chi connectivity index (χ4n) is 0.464. The standard InChI is InChI=1S/C4H8N4/c1-3-4(5)8(6)2-7-3/h2H,5-6H2,1H3. The molecule has 0 saturated carbocycles. The zero-order chi connectivity index (χ0) is 6.15. The van der Waals surface area contributed by atoms with E-state index in [4.69, 9.17) is 11.6 Å². The molecule has 0 amide bonds. The summed E-state index contributed by atoms with van der Waals surface area (Å²) < 4.78 is 1.29. The van der Waals surface area contributed by atoms with Crippen LogP contribution < -0.4 is 11.6 Å². The summed E-state index contributed by atoms with van der Waals surface area (Å²) in [7, 11) is 0. The van der Waals surface area contributed by atoms with E-state index >= 15 is 0 Å². The van der Waals surface area contributed by atoms with Crippen LogP contribution in [0.15, 0.2) is 6.33 Å². The lowest BCUT2D eigenvalue weighted by Gasteiger charge is -1.91. The van der Waals surface area contributed by atoms with Gasteiger partial charge in [-0.1, -0.05) is 0 Å². The molecule has 0 saturated heterocycles. The molecule has 1 rings (SSSR count). The number of hydrogen-bond acceptors (Lipinski definition) is 3. The second kappa shape index (κ2) is 1.40. The van der Waals surface area contributed by atoms with Gasteiger partial charge in [0.2, 0.25) is 0 Å². The number of aryl methyl sites for hydroxylation is 1. The quantitative estimate of drug-likeness (QED) is 0.444. The topological polar surface area (TPSA) is 69.9 Å². The number of nitrogen functional groups attached to an aromatic ring is 2. The monoisotopic (exact) mass is 112 g/mol. The molecule has 44 valence electrons. The Morgan fingerprint density at radius 2 is 2.38 bits per heavy atom. The summed E-state index contributed by atoms with van der Waals surface area (Å²) in [4.78, 5) is 3.83. The Hall–Kier alpha value is -1.19. The van der Waals surface area contributed by atoms with Crippen LogP contribution in [0.4, 0.5) is 5.82 Å². The fraction of sp³-hybridized carbons (Fsp3) is 0.250. The first-order valence-corrected chi connectivity index (χ1v) is 2.26. The molecular weight excluding hydrogens is 104 g/mol. The molecule has 1 aromatic heterocycles.